The number of hydrogen-bond acceptors (Lipinski definition) is 5. The van der Waals surface area contributed by atoms with Crippen LogP contribution in [0.3, 0.4) is 0 Å². The van der Waals surface area contributed by atoms with Gasteiger partial charge in [0.1, 0.15) is 6.04 Å². The number of carbonyl (C=O) groups excluding carboxylic acids is 1. The van der Waals surface area contributed by atoms with E-state index in [0.717, 1.165) is 12.0 Å². The molecule has 28 heavy (non-hydrogen) atoms. The third-order valence-electron chi connectivity index (χ3n) is 4.29. The maximum atomic E-state index is 12.4. The number of rotatable bonds is 12. The first-order valence-electron chi connectivity index (χ1n) is 9.51. The van der Waals surface area contributed by atoms with E-state index in [4.69, 9.17) is 5.73 Å². The van der Waals surface area contributed by atoms with Crippen LogP contribution in [-0.4, -0.2) is 53.5 Å². The molecule has 0 spiro atoms. The van der Waals surface area contributed by atoms with E-state index >= 15 is 0 Å². The molecule has 0 aliphatic carbocycles. The van der Waals surface area contributed by atoms with Crippen molar-refractivity contribution in [3.05, 3.63) is 35.9 Å². The second kappa shape index (κ2) is 16.0. The molecule has 1 amide bonds. The Bertz CT molecular complexity index is 521. The Balaban J connectivity index is 0. The average Bonchev–Trinajstić information content (AvgIpc) is 2.61. The van der Waals surface area contributed by atoms with Gasteiger partial charge in [-0.3, -0.25) is 4.79 Å². The maximum absolute atomic E-state index is 12.4. The molecule has 6 N–H and O–H groups in total. The molecule has 6 nitrogen and oxygen atoms in total. The average molecular weight is 438 g/mol. The Labute approximate surface area is 181 Å². The van der Waals surface area contributed by atoms with Crippen molar-refractivity contribution in [2.24, 2.45) is 11.7 Å². The number of aliphatic hydroxyl groups is 2. The lowest BCUT2D eigenvalue weighted by molar-refractivity contribution is -0.126. The van der Waals surface area contributed by atoms with Gasteiger partial charge in [0.25, 0.3) is 0 Å². The fraction of sp³-hybridized carbons (Fsp3) is 0.650. The summed E-state index contributed by atoms with van der Waals surface area (Å²) in [4.78, 5) is 12.4. The quantitative estimate of drug-likeness (QED) is 0.341. The van der Waals surface area contributed by atoms with Crippen LogP contribution < -0.4 is 16.4 Å². The monoisotopic (exact) mass is 437 g/mol. The summed E-state index contributed by atoms with van der Waals surface area (Å²) in [5.41, 5.74) is 7.14. The summed E-state index contributed by atoms with van der Waals surface area (Å²) in [6.45, 7) is 6.67. The fourth-order valence-electron chi connectivity index (χ4n) is 2.70. The van der Waals surface area contributed by atoms with E-state index in [-0.39, 0.29) is 37.3 Å². The largest absolute Gasteiger partial charge is 0.391 e. The molecule has 4 unspecified atom stereocenters. The maximum Gasteiger partial charge on any atom is 0.239 e. The Morgan fingerprint density at radius 1 is 1.07 bits per heavy atom. The SMILES string of the molecule is CCCC(O)C(NCC(O)C(N)Cc1ccccc1)C(=O)NCC(C)C.Cl.Cl. The molecule has 164 valence electrons. The van der Waals surface area contributed by atoms with Crippen molar-refractivity contribution in [1.29, 1.82) is 0 Å². The van der Waals surface area contributed by atoms with Crippen molar-refractivity contribution >= 4 is 30.7 Å². The first-order valence-corrected chi connectivity index (χ1v) is 9.51. The van der Waals surface area contributed by atoms with Gasteiger partial charge in [-0.05, 0) is 24.3 Å². The zero-order valence-electron chi connectivity index (χ0n) is 17.0. The molecule has 0 aliphatic heterocycles. The summed E-state index contributed by atoms with van der Waals surface area (Å²) in [6.07, 6.45) is 0.214. The lowest BCUT2D eigenvalue weighted by Gasteiger charge is -2.26. The highest BCUT2D eigenvalue weighted by molar-refractivity contribution is 5.85. The minimum Gasteiger partial charge on any atom is -0.391 e. The molecular weight excluding hydrogens is 401 g/mol. The molecule has 1 aromatic rings. The van der Waals surface area contributed by atoms with Crippen molar-refractivity contribution in [3.63, 3.8) is 0 Å². The molecule has 1 aromatic carbocycles. The number of amides is 1. The summed E-state index contributed by atoms with van der Waals surface area (Å²) < 4.78 is 0. The second-order valence-electron chi connectivity index (χ2n) is 7.30. The van der Waals surface area contributed by atoms with Crippen LogP contribution in [-0.2, 0) is 11.2 Å². The highest BCUT2D eigenvalue weighted by Crippen LogP contribution is 2.07. The molecule has 4 atom stereocenters. The van der Waals surface area contributed by atoms with Crippen molar-refractivity contribution in [2.75, 3.05) is 13.1 Å². The van der Waals surface area contributed by atoms with Gasteiger partial charge < -0.3 is 26.6 Å². The van der Waals surface area contributed by atoms with Crippen LogP contribution in [0.1, 0.15) is 39.2 Å². The second-order valence-corrected chi connectivity index (χ2v) is 7.30. The Morgan fingerprint density at radius 3 is 2.21 bits per heavy atom. The van der Waals surface area contributed by atoms with Gasteiger partial charge in [-0.25, -0.2) is 0 Å². The molecule has 0 radical (unpaired) electrons. The topological polar surface area (TPSA) is 108 Å². The van der Waals surface area contributed by atoms with Crippen LogP contribution in [0.25, 0.3) is 0 Å². The summed E-state index contributed by atoms with van der Waals surface area (Å²) in [5.74, 6) is 0.0799. The standard InChI is InChI=1S/C20H35N3O3.2ClH/c1-4-8-17(24)19(20(26)23-12-14(2)3)22-13-18(25)16(21)11-15-9-6-5-7-10-15;;/h5-7,9-10,14,16-19,22,24-25H,4,8,11-13,21H2,1-3H3,(H,23,26);2*1H. The van der Waals surface area contributed by atoms with Crippen molar-refractivity contribution in [1.82, 2.24) is 10.6 Å². The number of nitrogens with one attached hydrogen (secondary N) is 2. The number of carbonyl (C=O) groups is 1. The van der Waals surface area contributed by atoms with E-state index in [9.17, 15) is 15.0 Å². The van der Waals surface area contributed by atoms with Gasteiger partial charge in [0, 0.05) is 19.1 Å². The number of hydrogen-bond donors (Lipinski definition) is 5. The van der Waals surface area contributed by atoms with Gasteiger partial charge in [0.15, 0.2) is 0 Å². The highest BCUT2D eigenvalue weighted by atomic mass is 35.5. The van der Waals surface area contributed by atoms with E-state index in [1.165, 1.54) is 0 Å². The summed E-state index contributed by atoms with van der Waals surface area (Å²) in [5, 5.41) is 26.5. The third kappa shape index (κ3) is 11.2. The predicted molar refractivity (Wildman–Crippen MR) is 119 cm³/mol. The van der Waals surface area contributed by atoms with Gasteiger partial charge >= 0.3 is 0 Å². The molecule has 8 heteroatoms. The van der Waals surface area contributed by atoms with Crippen LogP contribution in [0.4, 0.5) is 0 Å². The molecule has 0 fully saturated rings. The van der Waals surface area contributed by atoms with Gasteiger partial charge in [0.2, 0.25) is 5.91 Å². The van der Waals surface area contributed by atoms with E-state index in [2.05, 4.69) is 10.6 Å². The lowest BCUT2D eigenvalue weighted by Crippen LogP contribution is -2.55. The van der Waals surface area contributed by atoms with Gasteiger partial charge in [0.05, 0.1) is 12.2 Å². The highest BCUT2D eigenvalue weighted by Gasteiger charge is 2.27. The molecule has 0 aromatic heterocycles. The van der Waals surface area contributed by atoms with Gasteiger partial charge in [-0.2, -0.15) is 0 Å². The zero-order chi connectivity index (χ0) is 19.5. The van der Waals surface area contributed by atoms with Crippen LogP contribution in [0.2, 0.25) is 0 Å². The minimum atomic E-state index is -0.815. The molecule has 0 saturated heterocycles. The van der Waals surface area contributed by atoms with E-state index in [1.807, 2.05) is 51.1 Å². The number of benzene rings is 1. The fourth-order valence-corrected chi connectivity index (χ4v) is 2.70. The molecule has 0 bridgehead atoms. The molecule has 0 saturated carbocycles. The van der Waals surface area contributed by atoms with Crippen LogP contribution in [0, 0.1) is 5.92 Å². The lowest BCUT2D eigenvalue weighted by atomic mass is 10.0. The van der Waals surface area contributed by atoms with E-state index in [0.29, 0.717) is 25.3 Å². The van der Waals surface area contributed by atoms with Crippen molar-refractivity contribution in [3.8, 4) is 0 Å². The van der Waals surface area contributed by atoms with E-state index in [1.54, 1.807) is 0 Å². The van der Waals surface area contributed by atoms with Gasteiger partial charge in [-0.15, -0.1) is 24.8 Å². The summed E-state index contributed by atoms with van der Waals surface area (Å²) in [6, 6.07) is 8.52. The molecular formula is C20H37Cl2N3O3. The Hall–Kier alpha value is -0.890. The molecule has 0 aliphatic rings. The van der Waals surface area contributed by atoms with Crippen molar-refractivity contribution in [2.45, 2.75) is 64.3 Å². The Kier molecular flexibility index (Phi) is 16.7. The smallest absolute Gasteiger partial charge is 0.239 e. The molecule has 1 rings (SSSR count). The minimum absolute atomic E-state index is 0. The van der Waals surface area contributed by atoms with Gasteiger partial charge in [-0.1, -0.05) is 57.5 Å². The van der Waals surface area contributed by atoms with Crippen LogP contribution >= 0.6 is 24.8 Å². The summed E-state index contributed by atoms with van der Waals surface area (Å²) in [7, 11) is 0. The third-order valence-corrected chi connectivity index (χ3v) is 4.29. The number of aliphatic hydroxyl groups excluding tert-OH is 2. The predicted octanol–water partition coefficient (Wildman–Crippen LogP) is 1.65. The Morgan fingerprint density at radius 2 is 1.68 bits per heavy atom. The van der Waals surface area contributed by atoms with Crippen molar-refractivity contribution < 1.29 is 15.0 Å². The number of halogens is 2. The number of nitrogens with two attached hydrogens (primary N) is 1. The zero-order valence-corrected chi connectivity index (χ0v) is 18.6. The van der Waals surface area contributed by atoms with Crippen LogP contribution in [0.5, 0.6) is 0 Å². The normalized spacial score (nSPS) is 15.0. The first-order chi connectivity index (χ1) is 12.3. The molecule has 0 heterocycles. The first kappa shape index (κ1) is 29.3. The summed E-state index contributed by atoms with van der Waals surface area (Å²) >= 11 is 0. The van der Waals surface area contributed by atoms with Crippen LogP contribution in [0.15, 0.2) is 30.3 Å². The van der Waals surface area contributed by atoms with E-state index < -0.39 is 24.3 Å².